The average Bonchev–Trinajstić information content (AvgIpc) is 3.22. The second-order valence-electron chi connectivity index (χ2n) is 9.07. The Bertz CT molecular complexity index is 710. The standard InChI is InChI=1S/C24H36N2O4/c1-17(2)24(29)25-12-10-19(11-13-25)22-15-26(14-20(22)16-27)23(28)9-6-18-4-7-21(30-3)8-5-18/h4-5,7-8,17,19-20,22,27H,6,9-16H2,1-3H3. The number of amides is 2. The summed E-state index contributed by atoms with van der Waals surface area (Å²) in [6, 6.07) is 7.84. The van der Waals surface area contributed by atoms with Crippen molar-refractivity contribution in [1.82, 2.24) is 9.80 Å². The molecule has 2 amide bonds. The number of ether oxygens (including phenoxy) is 1. The van der Waals surface area contributed by atoms with E-state index in [1.54, 1.807) is 7.11 Å². The van der Waals surface area contributed by atoms with E-state index < -0.39 is 0 Å². The first-order valence-electron chi connectivity index (χ1n) is 11.2. The van der Waals surface area contributed by atoms with Crippen LogP contribution >= 0.6 is 0 Å². The highest BCUT2D eigenvalue weighted by molar-refractivity contribution is 5.78. The Morgan fingerprint density at radius 3 is 2.33 bits per heavy atom. The van der Waals surface area contributed by atoms with Gasteiger partial charge in [-0.3, -0.25) is 9.59 Å². The van der Waals surface area contributed by atoms with E-state index in [-0.39, 0.29) is 30.3 Å². The van der Waals surface area contributed by atoms with Crippen LogP contribution in [0.1, 0.15) is 38.7 Å². The molecular weight excluding hydrogens is 380 g/mol. The zero-order chi connectivity index (χ0) is 21.7. The van der Waals surface area contributed by atoms with Crippen molar-refractivity contribution in [3.63, 3.8) is 0 Å². The number of aliphatic hydroxyl groups excluding tert-OH is 1. The molecule has 0 bridgehead atoms. The van der Waals surface area contributed by atoms with Gasteiger partial charge in [-0.15, -0.1) is 0 Å². The SMILES string of the molecule is COc1ccc(CCC(=O)N2CC(CO)C(C3CCN(C(=O)C(C)C)CC3)C2)cc1. The van der Waals surface area contributed by atoms with E-state index in [1.807, 2.05) is 47.9 Å². The maximum Gasteiger partial charge on any atom is 0.225 e. The van der Waals surface area contributed by atoms with Crippen LogP contribution in [0.4, 0.5) is 0 Å². The zero-order valence-corrected chi connectivity index (χ0v) is 18.5. The second-order valence-corrected chi connectivity index (χ2v) is 9.07. The summed E-state index contributed by atoms with van der Waals surface area (Å²) in [5, 5.41) is 9.92. The van der Waals surface area contributed by atoms with Crippen molar-refractivity contribution in [2.45, 2.75) is 39.5 Å². The number of hydrogen-bond acceptors (Lipinski definition) is 4. The van der Waals surface area contributed by atoms with Crippen molar-refractivity contribution in [3.8, 4) is 5.75 Å². The molecule has 1 aromatic rings. The summed E-state index contributed by atoms with van der Waals surface area (Å²) in [5.41, 5.74) is 1.13. The van der Waals surface area contributed by atoms with Crippen LogP contribution in [-0.2, 0) is 16.0 Å². The lowest BCUT2D eigenvalue weighted by Gasteiger charge is -2.37. The second kappa shape index (κ2) is 10.3. The summed E-state index contributed by atoms with van der Waals surface area (Å²) in [6.45, 7) is 6.98. The molecule has 2 fully saturated rings. The van der Waals surface area contributed by atoms with E-state index in [2.05, 4.69) is 0 Å². The molecule has 3 rings (SSSR count). The number of likely N-dealkylation sites (tertiary alicyclic amines) is 2. The summed E-state index contributed by atoms with van der Waals surface area (Å²) >= 11 is 0. The van der Waals surface area contributed by atoms with E-state index >= 15 is 0 Å². The highest BCUT2D eigenvalue weighted by Gasteiger charge is 2.40. The number of carbonyl (C=O) groups excluding carboxylic acids is 2. The third kappa shape index (κ3) is 5.34. The van der Waals surface area contributed by atoms with Crippen molar-refractivity contribution in [2.75, 3.05) is 39.9 Å². The Balaban J connectivity index is 1.51. The molecule has 2 unspecified atom stereocenters. The molecule has 6 heteroatoms. The summed E-state index contributed by atoms with van der Waals surface area (Å²) in [5.74, 6) is 2.20. The summed E-state index contributed by atoms with van der Waals surface area (Å²) in [4.78, 5) is 29.0. The molecule has 2 aliphatic rings. The number of aliphatic hydroxyl groups is 1. The van der Waals surface area contributed by atoms with Crippen molar-refractivity contribution in [1.29, 1.82) is 0 Å². The van der Waals surface area contributed by atoms with Crippen molar-refractivity contribution in [2.24, 2.45) is 23.7 Å². The topological polar surface area (TPSA) is 70.1 Å². The van der Waals surface area contributed by atoms with Gasteiger partial charge in [0.15, 0.2) is 0 Å². The molecule has 1 aromatic carbocycles. The van der Waals surface area contributed by atoms with Gasteiger partial charge in [-0.1, -0.05) is 26.0 Å². The lowest BCUT2D eigenvalue weighted by molar-refractivity contribution is -0.136. The smallest absolute Gasteiger partial charge is 0.225 e. The third-order valence-electron chi connectivity index (χ3n) is 6.82. The van der Waals surface area contributed by atoms with E-state index in [0.29, 0.717) is 31.2 Å². The number of nitrogens with zero attached hydrogens (tertiary/aromatic N) is 2. The molecule has 2 atom stereocenters. The minimum Gasteiger partial charge on any atom is -0.497 e. The Morgan fingerprint density at radius 1 is 1.10 bits per heavy atom. The molecular formula is C24H36N2O4. The van der Waals surface area contributed by atoms with Crippen LogP contribution in [0.25, 0.3) is 0 Å². The van der Waals surface area contributed by atoms with E-state index in [0.717, 1.165) is 43.8 Å². The van der Waals surface area contributed by atoms with Gasteiger partial charge in [0.05, 0.1) is 7.11 Å². The third-order valence-corrected chi connectivity index (χ3v) is 6.82. The number of rotatable bonds is 7. The van der Waals surface area contributed by atoms with Gasteiger partial charge in [0, 0.05) is 51.0 Å². The molecule has 2 aliphatic heterocycles. The predicted molar refractivity (Wildman–Crippen MR) is 116 cm³/mol. The zero-order valence-electron chi connectivity index (χ0n) is 18.5. The lowest BCUT2D eigenvalue weighted by atomic mass is 9.78. The van der Waals surface area contributed by atoms with Gasteiger partial charge in [0.25, 0.3) is 0 Å². The fourth-order valence-electron chi connectivity index (χ4n) is 4.94. The molecule has 0 saturated carbocycles. The van der Waals surface area contributed by atoms with Crippen molar-refractivity contribution >= 4 is 11.8 Å². The molecule has 0 aromatic heterocycles. The van der Waals surface area contributed by atoms with Crippen LogP contribution in [0.15, 0.2) is 24.3 Å². The first-order chi connectivity index (χ1) is 14.4. The van der Waals surface area contributed by atoms with Gasteiger partial charge in [0.1, 0.15) is 5.75 Å². The Hall–Kier alpha value is -2.08. The van der Waals surface area contributed by atoms with Crippen molar-refractivity contribution in [3.05, 3.63) is 29.8 Å². The molecule has 1 N–H and O–H groups in total. The van der Waals surface area contributed by atoms with Crippen molar-refractivity contribution < 1.29 is 19.4 Å². The van der Waals surface area contributed by atoms with Gasteiger partial charge in [-0.05, 0) is 48.8 Å². The molecule has 6 nitrogen and oxygen atoms in total. The Kier molecular flexibility index (Phi) is 7.75. The van der Waals surface area contributed by atoms with E-state index in [9.17, 15) is 14.7 Å². The summed E-state index contributed by atoms with van der Waals surface area (Å²) in [7, 11) is 1.64. The largest absolute Gasteiger partial charge is 0.497 e. The highest BCUT2D eigenvalue weighted by Crippen LogP contribution is 2.36. The van der Waals surface area contributed by atoms with Crippen LogP contribution in [0.5, 0.6) is 5.75 Å². The first kappa shape index (κ1) is 22.6. The Morgan fingerprint density at radius 2 is 1.77 bits per heavy atom. The van der Waals surface area contributed by atoms with Crippen LogP contribution in [0.2, 0.25) is 0 Å². The fourth-order valence-corrected chi connectivity index (χ4v) is 4.94. The van der Waals surface area contributed by atoms with Crippen LogP contribution in [0.3, 0.4) is 0 Å². The van der Waals surface area contributed by atoms with Gasteiger partial charge in [-0.2, -0.15) is 0 Å². The minimum absolute atomic E-state index is 0.0389. The van der Waals surface area contributed by atoms with Gasteiger partial charge >= 0.3 is 0 Å². The molecule has 166 valence electrons. The molecule has 2 heterocycles. The highest BCUT2D eigenvalue weighted by atomic mass is 16.5. The fraction of sp³-hybridized carbons (Fsp3) is 0.667. The quantitative estimate of drug-likeness (QED) is 0.742. The van der Waals surface area contributed by atoms with Gasteiger partial charge in [0.2, 0.25) is 11.8 Å². The van der Waals surface area contributed by atoms with Gasteiger partial charge < -0.3 is 19.6 Å². The number of hydrogen-bond donors (Lipinski definition) is 1. The number of piperidine rings is 1. The minimum atomic E-state index is 0.0389. The van der Waals surface area contributed by atoms with Crippen LogP contribution < -0.4 is 4.74 Å². The maximum absolute atomic E-state index is 12.8. The molecule has 0 aliphatic carbocycles. The number of benzene rings is 1. The monoisotopic (exact) mass is 416 g/mol. The predicted octanol–water partition coefficient (Wildman–Crippen LogP) is 2.59. The molecule has 30 heavy (non-hydrogen) atoms. The number of aryl methyl sites for hydroxylation is 1. The molecule has 2 saturated heterocycles. The van der Waals surface area contributed by atoms with Crippen LogP contribution in [-0.4, -0.2) is 66.6 Å². The number of carbonyl (C=O) groups is 2. The average molecular weight is 417 g/mol. The summed E-state index contributed by atoms with van der Waals surface area (Å²) in [6.07, 6.45) is 3.13. The first-order valence-corrected chi connectivity index (χ1v) is 11.2. The van der Waals surface area contributed by atoms with E-state index in [1.165, 1.54) is 0 Å². The lowest BCUT2D eigenvalue weighted by Crippen LogP contribution is -2.43. The normalized spacial score (nSPS) is 22.6. The van der Waals surface area contributed by atoms with Crippen LogP contribution in [0, 0.1) is 23.7 Å². The number of methoxy groups -OCH3 is 1. The van der Waals surface area contributed by atoms with Gasteiger partial charge in [-0.25, -0.2) is 0 Å². The molecule has 0 radical (unpaired) electrons. The Labute approximate surface area is 180 Å². The molecule has 0 spiro atoms. The maximum atomic E-state index is 12.8. The summed E-state index contributed by atoms with van der Waals surface area (Å²) < 4.78 is 5.18. The van der Waals surface area contributed by atoms with E-state index in [4.69, 9.17) is 4.74 Å².